The summed E-state index contributed by atoms with van der Waals surface area (Å²) in [7, 11) is 0. The van der Waals surface area contributed by atoms with E-state index in [9.17, 15) is 9.18 Å². The van der Waals surface area contributed by atoms with Crippen molar-refractivity contribution in [3.8, 4) is 0 Å². The molecule has 0 atom stereocenters. The minimum atomic E-state index is -0.673. The second-order valence-corrected chi connectivity index (χ2v) is 2.88. The molecule has 0 unspecified atom stereocenters. The van der Waals surface area contributed by atoms with E-state index in [1.165, 1.54) is 6.20 Å². The fourth-order valence-corrected chi connectivity index (χ4v) is 0.851. The van der Waals surface area contributed by atoms with Gasteiger partial charge in [-0.1, -0.05) is 0 Å². The lowest BCUT2D eigenvalue weighted by Crippen LogP contribution is -2.11. The predicted molar refractivity (Wildman–Crippen MR) is 45.4 cm³/mol. The quantitative estimate of drug-likeness (QED) is 0.607. The maximum atomic E-state index is 12.7. The molecule has 5 heteroatoms. The Kier molecular flexibility index (Phi) is 2.38. The molecule has 0 aliphatic heterocycles. The molecule has 1 rings (SSSR count). The van der Waals surface area contributed by atoms with Gasteiger partial charge in [0.25, 0.3) is 0 Å². The lowest BCUT2D eigenvalue weighted by atomic mass is 10.3. The van der Waals surface area contributed by atoms with E-state index in [1.807, 2.05) is 0 Å². The number of rotatable bonds is 1. The van der Waals surface area contributed by atoms with Crippen LogP contribution in [0.3, 0.4) is 0 Å². The first-order valence-electron chi connectivity index (χ1n) is 2.72. The molecule has 58 valence electrons. The molecule has 0 aromatic carbocycles. The summed E-state index contributed by atoms with van der Waals surface area (Å²) in [5.74, 6) is -1.20. The molecule has 0 aliphatic carbocycles. The van der Waals surface area contributed by atoms with Gasteiger partial charge in [-0.15, -0.1) is 0 Å². The lowest BCUT2D eigenvalue weighted by Gasteiger charge is -1.95. The van der Waals surface area contributed by atoms with Crippen LogP contribution in [0.5, 0.6) is 0 Å². The van der Waals surface area contributed by atoms with Crippen molar-refractivity contribution in [2.24, 2.45) is 5.73 Å². The number of primary amides is 1. The molecule has 0 bridgehead atoms. The number of pyridine rings is 1. The summed E-state index contributed by atoms with van der Waals surface area (Å²) in [6.45, 7) is 0. The maximum Gasteiger partial charge on any atom is 0.250 e. The van der Waals surface area contributed by atoms with Gasteiger partial charge in [0.2, 0.25) is 5.91 Å². The Bertz CT molecular complexity index is 303. The molecule has 0 saturated carbocycles. The number of halogens is 2. The van der Waals surface area contributed by atoms with Gasteiger partial charge in [-0.05, 0) is 28.7 Å². The third-order valence-electron chi connectivity index (χ3n) is 1.08. The molecule has 0 radical (unpaired) electrons. The summed E-state index contributed by atoms with van der Waals surface area (Å²) in [6.07, 6.45) is 1.24. The molecule has 1 aromatic heterocycles. The van der Waals surface area contributed by atoms with Crippen molar-refractivity contribution in [2.45, 2.75) is 0 Å². The first-order chi connectivity index (χ1) is 5.11. The van der Waals surface area contributed by atoms with Crippen LogP contribution < -0.4 is 5.73 Å². The van der Waals surface area contributed by atoms with Crippen LogP contribution in [0, 0.1) is 9.52 Å². The van der Waals surface area contributed by atoms with E-state index in [1.54, 1.807) is 22.6 Å². The molecule has 0 fully saturated rings. The fourth-order valence-electron chi connectivity index (χ4n) is 0.556. The maximum absolute atomic E-state index is 12.7. The Morgan fingerprint density at radius 1 is 1.73 bits per heavy atom. The molecule has 1 amide bonds. The van der Waals surface area contributed by atoms with Gasteiger partial charge < -0.3 is 5.73 Å². The number of nitrogens with two attached hydrogens (primary N) is 1. The van der Waals surface area contributed by atoms with Crippen LogP contribution in [-0.4, -0.2) is 10.9 Å². The number of hydrogen-bond donors (Lipinski definition) is 1. The molecular formula is C6H4FIN2O. The van der Waals surface area contributed by atoms with Gasteiger partial charge in [-0.25, -0.2) is 9.37 Å². The Morgan fingerprint density at radius 3 is 2.82 bits per heavy atom. The molecule has 2 N–H and O–H groups in total. The monoisotopic (exact) mass is 266 g/mol. The molecule has 0 saturated heterocycles. The average Bonchev–Trinajstić information content (AvgIpc) is 1.94. The van der Waals surface area contributed by atoms with E-state index >= 15 is 0 Å². The van der Waals surface area contributed by atoms with Gasteiger partial charge in [0.1, 0.15) is 3.70 Å². The number of amides is 1. The average molecular weight is 266 g/mol. The SMILES string of the molecule is NC(=O)c1cnc(I)c(F)c1. The number of nitrogens with zero attached hydrogens (tertiary/aromatic N) is 1. The summed E-state index contributed by atoms with van der Waals surface area (Å²) in [5, 5.41) is 0. The van der Waals surface area contributed by atoms with Crippen LogP contribution in [0.25, 0.3) is 0 Å². The van der Waals surface area contributed by atoms with Gasteiger partial charge in [-0.3, -0.25) is 4.79 Å². The van der Waals surface area contributed by atoms with E-state index in [2.05, 4.69) is 4.98 Å². The Balaban J connectivity index is 3.15. The summed E-state index contributed by atoms with van der Waals surface area (Å²) in [6, 6.07) is 1.07. The van der Waals surface area contributed by atoms with E-state index in [0.29, 0.717) is 0 Å². The zero-order valence-corrected chi connectivity index (χ0v) is 7.50. The van der Waals surface area contributed by atoms with E-state index < -0.39 is 11.7 Å². The van der Waals surface area contributed by atoms with Crippen molar-refractivity contribution in [2.75, 3.05) is 0 Å². The number of carbonyl (C=O) groups is 1. The minimum absolute atomic E-state index is 0.0860. The Labute approximate surface area is 75.9 Å². The summed E-state index contributed by atoms with van der Waals surface area (Å²) in [5.41, 5.74) is 4.97. The van der Waals surface area contributed by atoms with Crippen molar-refractivity contribution in [1.82, 2.24) is 4.98 Å². The zero-order valence-electron chi connectivity index (χ0n) is 5.34. The second-order valence-electron chi connectivity index (χ2n) is 1.86. The van der Waals surface area contributed by atoms with Gasteiger partial charge in [0.15, 0.2) is 5.82 Å². The highest BCUT2D eigenvalue weighted by atomic mass is 127. The molecule has 0 aliphatic rings. The summed E-state index contributed by atoms with van der Waals surface area (Å²) >= 11 is 1.73. The third kappa shape index (κ3) is 1.86. The number of hydrogen-bond acceptors (Lipinski definition) is 2. The molecular weight excluding hydrogens is 262 g/mol. The van der Waals surface area contributed by atoms with Crippen LogP contribution in [0.4, 0.5) is 4.39 Å². The first kappa shape index (κ1) is 8.38. The third-order valence-corrected chi connectivity index (χ3v) is 1.87. The highest BCUT2D eigenvalue weighted by molar-refractivity contribution is 14.1. The van der Waals surface area contributed by atoms with Gasteiger partial charge >= 0.3 is 0 Å². The van der Waals surface area contributed by atoms with Crippen molar-refractivity contribution in [3.63, 3.8) is 0 Å². The largest absolute Gasteiger partial charge is 0.366 e. The van der Waals surface area contributed by atoms with E-state index in [4.69, 9.17) is 5.73 Å². The molecule has 1 aromatic rings. The summed E-state index contributed by atoms with van der Waals surface area (Å²) in [4.78, 5) is 14.1. The summed E-state index contributed by atoms with van der Waals surface area (Å²) < 4.78 is 12.9. The fraction of sp³-hybridized carbons (Fsp3) is 0. The van der Waals surface area contributed by atoms with E-state index in [-0.39, 0.29) is 9.26 Å². The van der Waals surface area contributed by atoms with Crippen LogP contribution in [0.2, 0.25) is 0 Å². The van der Waals surface area contributed by atoms with Crippen LogP contribution in [0.1, 0.15) is 10.4 Å². The normalized spacial score (nSPS) is 9.64. The molecule has 0 spiro atoms. The highest BCUT2D eigenvalue weighted by Gasteiger charge is 2.05. The van der Waals surface area contributed by atoms with Crippen LogP contribution in [-0.2, 0) is 0 Å². The van der Waals surface area contributed by atoms with Gasteiger partial charge in [0, 0.05) is 6.20 Å². The molecule has 3 nitrogen and oxygen atoms in total. The second kappa shape index (κ2) is 3.12. The Morgan fingerprint density at radius 2 is 2.36 bits per heavy atom. The van der Waals surface area contributed by atoms with Crippen molar-refractivity contribution >= 4 is 28.5 Å². The number of aromatic nitrogens is 1. The van der Waals surface area contributed by atoms with Crippen LogP contribution >= 0.6 is 22.6 Å². The number of carbonyl (C=O) groups excluding carboxylic acids is 1. The minimum Gasteiger partial charge on any atom is -0.366 e. The van der Waals surface area contributed by atoms with Crippen molar-refractivity contribution in [1.29, 1.82) is 0 Å². The van der Waals surface area contributed by atoms with E-state index in [0.717, 1.165) is 6.07 Å². The van der Waals surface area contributed by atoms with Gasteiger partial charge in [-0.2, -0.15) is 0 Å². The molecule has 11 heavy (non-hydrogen) atoms. The smallest absolute Gasteiger partial charge is 0.250 e. The van der Waals surface area contributed by atoms with Crippen LogP contribution in [0.15, 0.2) is 12.3 Å². The van der Waals surface area contributed by atoms with Crippen molar-refractivity contribution in [3.05, 3.63) is 27.3 Å². The topological polar surface area (TPSA) is 56.0 Å². The van der Waals surface area contributed by atoms with Gasteiger partial charge in [0.05, 0.1) is 5.56 Å². The Hall–Kier alpha value is -0.720. The predicted octanol–water partition coefficient (Wildman–Crippen LogP) is 0.924. The molecule has 1 heterocycles. The lowest BCUT2D eigenvalue weighted by molar-refractivity contribution is 0.0999. The highest BCUT2D eigenvalue weighted by Crippen LogP contribution is 2.08. The standard InChI is InChI=1S/C6H4FIN2O/c7-4-1-3(6(9)11)2-10-5(4)8/h1-2H,(H2,9,11). The first-order valence-corrected chi connectivity index (χ1v) is 3.80. The zero-order chi connectivity index (χ0) is 8.43. The van der Waals surface area contributed by atoms with Crippen molar-refractivity contribution < 1.29 is 9.18 Å².